The molecule has 3 aliphatic heterocycles. The Kier molecular flexibility index (Phi) is 7.51. The second-order valence-electron chi connectivity index (χ2n) is 12.3. The number of amides is 2. The van der Waals surface area contributed by atoms with Gasteiger partial charge in [0.25, 0.3) is 0 Å². The second kappa shape index (κ2) is 11.4. The summed E-state index contributed by atoms with van der Waals surface area (Å²) in [6.07, 6.45) is 3.21. The van der Waals surface area contributed by atoms with Crippen molar-refractivity contribution >= 4 is 73.2 Å². The molecule has 0 bridgehead atoms. The standard InChI is InChI=1S/C31H34ClN9O4S/c1-17-15-41(31-33-14-23(32)29(37-31)35-19-5-8-25-18(12-19)16-46(44,45)40(25)3)11-10-24(17)34-20-4-6-21-26(13-20)39(2)38-28(21)22-7-9-27(42)36-30(22)43/h4-6,8,12-14,17,22,24,34H,7,9-11,15-16H2,1-3H3,(H,33,35,37)(H,36,42,43)/t17-,22?,24-/m1/s1. The number of anilines is 5. The van der Waals surface area contributed by atoms with Crippen LogP contribution in [0.1, 0.15) is 43.4 Å². The quantitative estimate of drug-likeness (QED) is 0.259. The molecular formula is C31H34ClN9O4S. The number of hydrogen-bond donors (Lipinski definition) is 3. The van der Waals surface area contributed by atoms with Crippen LogP contribution < -0.4 is 25.2 Å². The summed E-state index contributed by atoms with van der Waals surface area (Å²) in [7, 11) is 0.0877. The molecule has 2 aromatic carbocycles. The topological polar surface area (TPSA) is 154 Å². The van der Waals surface area contributed by atoms with Crippen molar-refractivity contribution in [2.45, 2.75) is 43.9 Å². The number of piperidine rings is 2. The Labute approximate surface area is 271 Å². The lowest BCUT2D eigenvalue weighted by atomic mass is 9.92. The van der Waals surface area contributed by atoms with Crippen molar-refractivity contribution in [3.05, 3.63) is 58.9 Å². The number of aromatic nitrogens is 4. The smallest absolute Gasteiger partial charge is 0.239 e. The van der Waals surface area contributed by atoms with Crippen molar-refractivity contribution in [3.8, 4) is 0 Å². The lowest BCUT2D eigenvalue weighted by Gasteiger charge is -2.37. The van der Waals surface area contributed by atoms with Gasteiger partial charge in [0.05, 0.1) is 34.8 Å². The number of sulfonamides is 1. The largest absolute Gasteiger partial charge is 0.382 e. The zero-order chi connectivity index (χ0) is 32.3. The monoisotopic (exact) mass is 663 g/mol. The molecule has 3 atom stereocenters. The molecule has 0 aliphatic carbocycles. The fourth-order valence-electron chi connectivity index (χ4n) is 6.61. The fourth-order valence-corrected chi connectivity index (χ4v) is 8.04. The number of fused-ring (bicyclic) bond motifs is 2. The van der Waals surface area contributed by atoms with Crippen molar-refractivity contribution in [1.29, 1.82) is 0 Å². The lowest BCUT2D eigenvalue weighted by molar-refractivity contribution is -0.134. The fraction of sp³-hybridized carbons (Fsp3) is 0.387. The van der Waals surface area contributed by atoms with E-state index in [1.54, 1.807) is 24.0 Å². The number of hydrogen-bond acceptors (Lipinski definition) is 10. The van der Waals surface area contributed by atoms with Crippen molar-refractivity contribution < 1.29 is 18.0 Å². The summed E-state index contributed by atoms with van der Waals surface area (Å²) >= 11 is 6.46. The highest BCUT2D eigenvalue weighted by atomic mass is 35.5. The van der Waals surface area contributed by atoms with Crippen LogP contribution in [0.15, 0.2) is 42.6 Å². The van der Waals surface area contributed by atoms with Gasteiger partial charge in [0, 0.05) is 56.4 Å². The van der Waals surface area contributed by atoms with Crippen molar-refractivity contribution in [3.63, 3.8) is 0 Å². The first-order valence-electron chi connectivity index (χ1n) is 15.2. The first-order chi connectivity index (χ1) is 22.0. The Morgan fingerprint density at radius 2 is 1.87 bits per heavy atom. The Morgan fingerprint density at radius 3 is 2.65 bits per heavy atom. The van der Waals surface area contributed by atoms with E-state index in [-0.39, 0.29) is 29.5 Å². The van der Waals surface area contributed by atoms with Gasteiger partial charge in [-0.25, -0.2) is 13.4 Å². The van der Waals surface area contributed by atoms with E-state index in [0.29, 0.717) is 46.7 Å². The molecule has 1 unspecified atom stereocenters. The van der Waals surface area contributed by atoms with Gasteiger partial charge in [-0.15, -0.1) is 0 Å². The molecule has 15 heteroatoms. The average Bonchev–Trinajstić information content (AvgIpc) is 3.45. The number of imide groups is 1. The zero-order valence-electron chi connectivity index (χ0n) is 25.6. The SMILES string of the molecule is C[C@@H]1CN(c2ncc(Cl)c(Nc3ccc4c(c3)CS(=O)(=O)N4C)n2)CC[C@H]1Nc1ccc2c(C3CCC(=O)NC3=O)nn(C)c2c1. The van der Waals surface area contributed by atoms with Crippen LogP contribution in [0.5, 0.6) is 0 Å². The molecule has 3 N–H and O–H groups in total. The minimum absolute atomic E-state index is 0.0443. The van der Waals surface area contributed by atoms with E-state index in [9.17, 15) is 18.0 Å². The third-order valence-electron chi connectivity index (χ3n) is 9.16. The minimum Gasteiger partial charge on any atom is -0.382 e. The third-order valence-corrected chi connectivity index (χ3v) is 11.1. The number of aryl methyl sites for hydroxylation is 1. The number of rotatable bonds is 6. The van der Waals surface area contributed by atoms with Crippen LogP contribution in [-0.2, 0) is 32.4 Å². The van der Waals surface area contributed by atoms with E-state index in [4.69, 9.17) is 16.6 Å². The van der Waals surface area contributed by atoms with E-state index < -0.39 is 15.9 Å². The molecule has 4 aromatic rings. The van der Waals surface area contributed by atoms with Gasteiger partial charge < -0.3 is 15.5 Å². The molecule has 2 fully saturated rings. The highest BCUT2D eigenvalue weighted by Gasteiger charge is 2.33. The Balaban J connectivity index is 1.03. The predicted molar refractivity (Wildman–Crippen MR) is 177 cm³/mol. The molecule has 46 heavy (non-hydrogen) atoms. The molecule has 0 radical (unpaired) electrons. The first-order valence-corrected chi connectivity index (χ1v) is 17.2. The molecule has 240 valence electrons. The molecule has 7 rings (SSSR count). The zero-order valence-corrected chi connectivity index (χ0v) is 27.2. The minimum atomic E-state index is -3.34. The van der Waals surface area contributed by atoms with Crippen LogP contribution in [0.2, 0.25) is 5.02 Å². The summed E-state index contributed by atoms with van der Waals surface area (Å²) in [5, 5.41) is 15.3. The molecule has 2 aromatic heterocycles. The van der Waals surface area contributed by atoms with Gasteiger partial charge in [-0.2, -0.15) is 10.1 Å². The van der Waals surface area contributed by atoms with Crippen LogP contribution in [0.25, 0.3) is 10.9 Å². The van der Waals surface area contributed by atoms with E-state index in [1.165, 1.54) is 4.31 Å². The van der Waals surface area contributed by atoms with E-state index in [2.05, 4.69) is 43.9 Å². The van der Waals surface area contributed by atoms with Gasteiger partial charge in [-0.3, -0.25) is 23.9 Å². The van der Waals surface area contributed by atoms with Crippen molar-refractivity contribution in [2.75, 3.05) is 40.0 Å². The van der Waals surface area contributed by atoms with Crippen LogP contribution in [0.3, 0.4) is 0 Å². The molecule has 0 spiro atoms. The molecule has 2 amide bonds. The van der Waals surface area contributed by atoms with Crippen LogP contribution in [0.4, 0.5) is 28.8 Å². The third kappa shape index (κ3) is 5.49. The van der Waals surface area contributed by atoms with Gasteiger partial charge in [-0.05, 0) is 60.7 Å². The summed E-state index contributed by atoms with van der Waals surface area (Å²) in [5.41, 5.74) is 4.67. The summed E-state index contributed by atoms with van der Waals surface area (Å²) in [4.78, 5) is 35.5. The van der Waals surface area contributed by atoms with Gasteiger partial charge in [0.2, 0.25) is 27.8 Å². The summed E-state index contributed by atoms with van der Waals surface area (Å²) in [6, 6.07) is 11.7. The second-order valence-corrected chi connectivity index (χ2v) is 14.7. The number of nitrogens with zero attached hydrogens (tertiary/aromatic N) is 6. The molecular weight excluding hydrogens is 630 g/mol. The Bertz CT molecular complexity index is 2000. The molecule has 5 heterocycles. The van der Waals surface area contributed by atoms with Gasteiger partial charge in [-0.1, -0.05) is 18.5 Å². The van der Waals surface area contributed by atoms with Crippen LogP contribution in [0, 0.1) is 5.92 Å². The van der Waals surface area contributed by atoms with Crippen molar-refractivity contribution in [1.82, 2.24) is 25.1 Å². The number of halogens is 1. The number of carbonyl (C=O) groups is 2. The maximum Gasteiger partial charge on any atom is 0.239 e. The maximum absolute atomic E-state index is 12.5. The molecule has 2 saturated heterocycles. The molecule has 0 saturated carbocycles. The number of nitrogens with one attached hydrogen (secondary N) is 3. The summed E-state index contributed by atoms with van der Waals surface area (Å²) < 4.78 is 27.7. The Hall–Kier alpha value is -4.43. The average molecular weight is 664 g/mol. The van der Waals surface area contributed by atoms with Crippen LogP contribution in [-0.4, -0.2) is 66.2 Å². The number of benzene rings is 2. The van der Waals surface area contributed by atoms with Gasteiger partial charge in [0.1, 0.15) is 5.02 Å². The van der Waals surface area contributed by atoms with Crippen LogP contribution >= 0.6 is 11.6 Å². The normalized spacial score (nSPS) is 22.6. The Morgan fingerprint density at radius 1 is 1.07 bits per heavy atom. The predicted octanol–water partition coefficient (Wildman–Crippen LogP) is 3.89. The summed E-state index contributed by atoms with van der Waals surface area (Å²) in [5.74, 6) is 0.272. The highest BCUT2D eigenvalue weighted by molar-refractivity contribution is 7.92. The maximum atomic E-state index is 12.5. The molecule has 13 nitrogen and oxygen atoms in total. The lowest BCUT2D eigenvalue weighted by Crippen LogP contribution is -2.46. The molecule has 3 aliphatic rings. The van der Waals surface area contributed by atoms with Gasteiger partial charge in [0.15, 0.2) is 5.82 Å². The van der Waals surface area contributed by atoms with E-state index >= 15 is 0 Å². The van der Waals surface area contributed by atoms with Gasteiger partial charge >= 0.3 is 0 Å². The van der Waals surface area contributed by atoms with E-state index in [0.717, 1.165) is 41.7 Å². The first kappa shape index (κ1) is 30.2. The van der Waals surface area contributed by atoms with Crippen molar-refractivity contribution in [2.24, 2.45) is 13.0 Å². The summed E-state index contributed by atoms with van der Waals surface area (Å²) in [6.45, 7) is 3.66. The highest BCUT2D eigenvalue weighted by Crippen LogP contribution is 2.36. The number of carbonyl (C=O) groups excluding carboxylic acids is 2. The van der Waals surface area contributed by atoms with E-state index in [1.807, 2.05) is 31.3 Å².